The number of rotatable bonds is 5. The van der Waals surface area contributed by atoms with E-state index in [0.717, 1.165) is 17.7 Å². The highest BCUT2D eigenvalue weighted by molar-refractivity contribution is 5.82. The maximum atomic E-state index is 14.3. The predicted molar refractivity (Wildman–Crippen MR) is 138 cm³/mol. The van der Waals surface area contributed by atoms with Gasteiger partial charge in [-0.25, -0.2) is 0 Å². The summed E-state index contributed by atoms with van der Waals surface area (Å²) in [6.45, 7) is 1.78. The van der Waals surface area contributed by atoms with Gasteiger partial charge in [-0.15, -0.1) is 0 Å². The number of hydrogen-bond donors (Lipinski definition) is 0. The Balaban J connectivity index is 1.62. The van der Waals surface area contributed by atoms with E-state index >= 15 is 0 Å². The zero-order chi connectivity index (χ0) is 28.1. The van der Waals surface area contributed by atoms with Crippen LogP contribution in [-0.2, 0) is 31.6 Å². The summed E-state index contributed by atoms with van der Waals surface area (Å²) in [5, 5.41) is 0. The summed E-state index contributed by atoms with van der Waals surface area (Å²) in [4.78, 5) is 20.3. The Morgan fingerprint density at radius 3 is 2.35 bits per heavy atom. The van der Waals surface area contributed by atoms with E-state index in [9.17, 15) is 18.0 Å². The van der Waals surface area contributed by atoms with E-state index < -0.39 is 34.8 Å². The minimum atomic E-state index is -4.51. The molecule has 0 N–H and O–H groups in total. The number of ether oxygens (including phenoxy) is 4. The Hall–Kier alpha value is -3.63. The van der Waals surface area contributed by atoms with E-state index in [-0.39, 0.29) is 12.3 Å². The zero-order valence-electron chi connectivity index (χ0n) is 22.1. The normalized spacial score (nSPS) is 27.6. The number of carbonyl (C=O) groups is 1. The summed E-state index contributed by atoms with van der Waals surface area (Å²) in [6.07, 6.45) is -1.18. The van der Waals surface area contributed by atoms with Crippen molar-refractivity contribution in [2.75, 3.05) is 40.5 Å². The molecular formula is C30H29F3N2O5. The van der Waals surface area contributed by atoms with Gasteiger partial charge in [0.1, 0.15) is 17.1 Å². The summed E-state index contributed by atoms with van der Waals surface area (Å²) >= 11 is 0. The largest absolute Gasteiger partial charge is 0.495 e. The number of halogens is 3. The Bertz CT molecular complexity index is 1390. The number of alkyl halides is 3. The third kappa shape index (κ3) is 3.80. The fourth-order valence-electron chi connectivity index (χ4n) is 6.87. The zero-order valence-corrected chi connectivity index (χ0v) is 22.1. The van der Waals surface area contributed by atoms with Crippen molar-refractivity contribution in [2.24, 2.45) is 5.92 Å². The first-order valence-corrected chi connectivity index (χ1v) is 13.1. The van der Waals surface area contributed by atoms with Crippen LogP contribution in [0.15, 0.2) is 67.0 Å². The van der Waals surface area contributed by atoms with Gasteiger partial charge in [-0.1, -0.05) is 42.5 Å². The van der Waals surface area contributed by atoms with Crippen LogP contribution in [0.25, 0.3) is 0 Å². The molecule has 210 valence electrons. The second-order valence-electron chi connectivity index (χ2n) is 10.3. The molecule has 1 saturated carbocycles. The summed E-state index contributed by atoms with van der Waals surface area (Å²) in [5.41, 5.74) is -1.59. The van der Waals surface area contributed by atoms with E-state index in [1.165, 1.54) is 19.2 Å². The van der Waals surface area contributed by atoms with Crippen LogP contribution in [0.3, 0.4) is 0 Å². The summed E-state index contributed by atoms with van der Waals surface area (Å²) < 4.78 is 65.2. The molecule has 40 heavy (non-hydrogen) atoms. The molecular weight excluding hydrogens is 525 g/mol. The number of carbonyl (C=O) groups excluding carboxylic acids is 1. The minimum absolute atomic E-state index is 0.0764. The van der Waals surface area contributed by atoms with Gasteiger partial charge in [0.25, 0.3) is 0 Å². The van der Waals surface area contributed by atoms with Crippen LogP contribution in [0, 0.1) is 5.92 Å². The lowest BCUT2D eigenvalue weighted by Crippen LogP contribution is -2.50. The molecule has 1 saturated heterocycles. The predicted octanol–water partition coefficient (Wildman–Crippen LogP) is 4.90. The average molecular weight is 555 g/mol. The summed E-state index contributed by atoms with van der Waals surface area (Å²) in [5.74, 6) is -0.488. The van der Waals surface area contributed by atoms with Crippen LogP contribution >= 0.6 is 0 Å². The smallest absolute Gasteiger partial charge is 0.416 e. The number of morpholine rings is 1. The minimum Gasteiger partial charge on any atom is -0.495 e. The number of amides is 1. The molecule has 4 atom stereocenters. The monoisotopic (exact) mass is 554 g/mol. The Kier molecular flexibility index (Phi) is 6.50. The molecule has 6 rings (SSSR count). The van der Waals surface area contributed by atoms with Crippen LogP contribution in [0.2, 0.25) is 0 Å². The lowest BCUT2D eigenvalue weighted by molar-refractivity contribution is -0.140. The third-order valence-corrected chi connectivity index (χ3v) is 8.51. The maximum Gasteiger partial charge on any atom is 0.416 e. The van der Waals surface area contributed by atoms with Crippen molar-refractivity contribution in [2.45, 2.75) is 29.7 Å². The molecule has 0 bridgehead atoms. The number of hydrogen-bond acceptors (Lipinski definition) is 6. The highest BCUT2D eigenvalue weighted by Crippen LogP contribution is 2.71. The van der Waals surface area contributed by atoms with Crippen LogP contribution in [0.1, 0.15) is 34.6 Å². The van der Waals surface area contributed by atoms with Gasteiger partial charge in [-0.05, 0) is 29.7 Å². The molecule has 0 unspecified atom stereocenters. The Labute approximate surface area is 229 Å². The molecule has 0 spiro atoms. The van der Waals surface area contributed by atoms with Gasteiger partial charge in [0.15, 0.2) is 5.60 Å². The highest BCUT2D eigenvalue weighted by atomic mass is 19.4. The second-order valence-corrected chi connectivity index (χ2v) is 10.3. The number of fused-ring (bicyclic) bond motifs is 3. The van der Waals surface area contributed by atoms with Gasteiger partial charge < -0.3 is 23.8 Å². The van der Waals surface area contributed by atoms with E-state index in [1.807, 2.05) is 30.3 Å². The standard InChI is InChI=1S/C30H29F3N2O5/c1-37-23-17-34-18-24-26(23)28(38-2)16-22(27(36)35-12-14-39-15-13-35)25(19-6-4-3-5-7-19)29(28,40-24)20-8-10-21(11-9-20)30(31,32)33/h3-11,17-18,22,25H,12-16H2,1-2H3/t22-,25+,28+,29-/m0/s1. The number of nitrogens with zero attached hydrogens (tertiary/aromatic N) is 2. The van der Waals surface area contributed by atoms with E-state index in [1.54, 1.807) is 24.4 Å². The molecule has 10 heteroatoms. The molecule has 3 heterocycles. The van der Waals surface area contributed by atoms with Crippen molar-refractivity contribution < 1.29 is 36.9 Å². The average Bonchev–Trinajstić information content (AvgIpc) is 3.44. The van der Waals surface area contributed by atoms with Gasteiger partial charge in [0.2, 0.25) is 5.91 Å². The van der Waals surface area contributed by atoms with E-state index in [0.29, 0.717) is 48.9 Å². The number of pyridine rings is 1. The van der Waals surface area contributed by atoms with Gasteiger partial charge in [-0.3, -0.25) is 9.78 Å². The topological polar surface area (TPSA) is 70.1 Å². The summed E-state index contributed by atoms with van der Waals surface area (Å²) in [6, 6.07) is 14.4. The SMILES string of the molecule is COc1cncc2c1[C@]1(OC)C[C@H](C(=O)N3CCOCC3)[C@@H](c3ccccc3)[C@]1(c1ccc(C(F)(F)F)cc1)O2. The molecule has 2 fully saturated rings. The number of methoxy groups -OCH3 is 2. The van der Waals surface area contributed by atoms with Crippen LogP contribution in [-0.4, -0.2) is 56.3 Å². The second kappa shape index (κ2) is 9.78. The van der Waals surface area contributed by atoms with Crippen molar-refractivity contribution in [1.82, 2.24) is 9.88 Å². The molecule has 7 nitrogen and oxygen atoms in total. The molecule has 3 aliphatic rings. The lowest BCUT2D eigenvalue weighted by Gasteiger charge is -2.42. The van der Waals surface area contributed by atoms with Crippen molar-refractivity contribution in [3.8, 4) is 11.5 Å². The molecule has 3 aromatic rings. The molecule has 2 aliphatic heterocycles. The molecule has 1 aromatic heterocycles. The first kappa shape index (κ1) is 26.6. The van der Waals surface area contributed by atoms with E-state index in [2.05, 4.69) is 4.98 Å². The molecule has 1 aliphatic carbocycles. The van der Waals surface area contributed by atoms with Gasteiger partial charge in [0, 0.05) is 26.1 Å². The number of aromatic nitrogens is 1. The Morgan fingerprint density at radius 2 is 1.73 bits per heavy atom. The summed E-state index contributed by atoms with van der Waals surface area (Å²) in [7, 11) is 3.06. The Morgan fingerprint density at radius 1 is 1.02 bits per heavy atom. The first-order valence-electron chi connectivity index (χ1n) is 13.1. The maximum absolute atomic E-state index is 14.3. The highest BCUT2D eigenvalue weighted by Gasteiger charge is 2.74. The van der Waals surface area contributed by atoms with Crippen LogP contribution in [0.5, 0.6) is 11.5 Å². The van der Waals surface area contributed by atoms with Crippen LogP contribution < -0.4 is 9.47 Å². The van der Waals surface area contributed by atoms with Crippen molar-refractivity contribution in [3.63, 3.8) is 0 Å². The fourth-order valence-corrected chi connectivity index (χ4v) is 6.87. The van der Waals surface area contributed by atoms with Crippen molar-refractivity contribution in [3.05, 3.63) is 89.2 Å². The first-order chi connectivity index (χ1) is 19.3. The van der Waals surface area contributed by atoms with Crippen molar-refractivity contribution >= 4 is 5.91 Å². The van der Waals surface area contributed by atoms with Gasteiger partial charge in [0.05, 0.1) is 49.8 Å². The lowest BCUT2D eigenvalue weighted by atomic mass is 9.70. The third-order valence-electron chi connectivity index (χ3n) is 8.51. The molecule has 0 radical (unpaired) electrons. The molecule has 1 amide bonds. The fraction of sp³-hybridized carbons (Fsp3) is 0.400. The van der Waals surface area contributed by atoms with Crippen molar-refractivity contribution in [1.29, 1.82) is 0 Å². The van der Waals surface area contributed by atoms with Gasteiger partial charge in [-0.2, -0.15) is 13.2 Å². The van der Waals surface area contributed by atoms with Crippen LogP contribution in [0.4, 0.5) is 13.2 Å². The molecule has 2 aromatic carbocycles. The number of benzene rings is 2. The quantitative estimate of drug-likeness (QED) is 0.447. The van der Waals surface area contributed by atoms with E-state index in [4.69, 9.17) is 18.9 Å². The van der Waals surface area contributed by atoms with Gasteiger partial charge >= 0.3 is 6.18 Å².